The van der Waals surface area contributed by atoms with Crippen LogP contribution in [0.25, 0.3) is 27.9 Å². The first kappa shape index (κ1) is 21.0. The van der Waals surface area contributed by atoms with E-state index in [-0.39, 0.29) is 6.61 Å². The zero-order chi connectivity index (χ0) is 22.9. The highest BCUT2D eigenvalue weighted by molar-refractivity contribution is 5.83. The van der Waals surface area contributed by atoms with Crippen molar-refractivity contribution in [2.45, 2.75) is 20.0 Å². The molecule has 8 heteroatoms. The molecule has 0 bridgehead atoms. The number of benzene rings is 2. The Labute approximate surface area is 191 Å². The number of nitrogens with zero attached hydrogens (tertiary/aromatic N) is 5. The van der Waals surface area contributed by atoms with Crippen LogP contribution in [0.3, 0.4) is 0 Å². The van der Waals surface area contributed by atoms with Gasteiger partial charge in [0.2, 0.25) is 0 Å². The Kier molecular flexibility index (Phi) is 5.43. The van der Waals surface area contributed by atoms with Gasteiger partial charge in [-0.1, -0.05) is 30.3 Å². The molecule has 0 spiro atoms. The summed E-state index contributed by atoms with van der Waals surface area (Å²) in [6.45, 7) is 4.44. The molecule has 0 saturated heterocycles. The number of aryl methyl sites for hydroxylation is 2. The van der Waals surface area contributed by atoms with Crippen molar-refractivity contribution < 1.29 is 9.84 Å². The number of aliphatic hydroxyl groups is 1. The summed E-state index contributed by atoms with van der Waals surface area (Å²) in [6, 6.07) is 16.0. The van der Waals surface area contributed by atoms with E-state index in [1.165, 1.54) is 0 Å². The van der Waals surface area contributed by atoms with E-state index in [4.69, 9.17) is 9.84 Å². The molecule has 0 amide bonds. The van der Waals surface area contributed by atoms with Gasteiger partial charge in [-0.25, -0.2) is 9.97 Å². The molecule has 0 fully saturated rings. The maximum Gasteiger partial charge on any atom is 0.160 e. The summed E-state index contributed by atoms with van der Waals surface area (Å²) in [4.78, 5) is 9.04. The maximum absolute atomic E-state index is 10.6. The Hall–Kier alpha value is -3.91. The number of fused-ring (bicyclic) bond motifs is 2. The van der Waals surface area contributed by atoms with E-state index in [1.54, 1.807) is 10.7 Å². The zero-order valence-corrected chi connectivity index (χ0v) is 18.9. The fraction of sp³-hybridized carbons (Fsp3) is 0.240. The molecular formula is C25H26N6O2. The summed E-state index contributed by atoms with van der Waals surface area (Å²) < 4.78 is 9.52. The number of hydrogen-bond donors (Lipinski definition) is 2. The Morgan fingerprint density at radius 2 is 1.91 bits per heavy atom. The summed E-state index contributed by atoms with van der Waals surface area (Å²) in [5.41, 5.74) is 3.33. The van der Waals surface area contributed by atoms with Crippen molar-refractivity contribution in [2.24, 2.45) is 7.05 Å². The van der Waals surface area contributed by atoms with Crippen molar-refractivity contribution in [2.75, 3.05) is 18.5 Å². The van der Waals surface area contributed by atoms with Gasteiger partial charge in [0.15, 0.2) is 11.5 Å². The second kappa shape index (κ2) is 8.55. The van der Waals surface area contributed by atoms with Crippen LogP contribution in [0, 0.1) is 13.8 Å². The van der Waals surface area contributed by atoms with Gasteiger partial charge in [-0.2, -0.15) is 9.61 Å². The first-order valence-corrected chi connectivity index (χ1v) is 10.9. The molecule has 33 heavy (non-hydrogen) atoms. The predicted molar refractivity (Wildman–Crippen MR) is 129 cm³/mol. The van der Waals surface area contributed by atoms with Gasteiger partial charge in [-0.15, -0.1) is 0 Å². The van der Waals surface area contributed by atoms with Gasteiger partial charge in [-0.3, -0.25) is 0 Å². The van der Waals surface area contributed by atoms with Gasteiger partial charge < -0.3 is 19.7 Å². The van der Waals surface area contributed by atoms with Crippen molar-refractivity contribution in [1.29, 1.82) is 0 Å². The maximum atomic E-state index is 10.6. The van der Waals surface area contributed by atoms with Gasteiger partial charge >= 0.3 is 0 Å². The lowest BCUT2D eigenvalue weighted by atomic mass is 10.1. The molecule has 0 aliphatic heterocycles. The number of rotatable bonds is 7. The molecule has 0 aliphatic rings. The molecule has 8 nitrogen and oxygen atoms in total. The SMILES string of the molecule is Cc1nc2cc(-c3nccn3C)nn2c(NC[C@@H](O)COc2ccc3ccccc3c2)c1C. The molecule has 3 heterocycles. The zero-order valence-electron chi connectivity index (χ0n) is 18.9. The second-order valence-corrected chi connectivity index (χ2v) is 8.19. The minimum atomic E-state index is -0.705. The third-order valence-electron chi connectivity index (χ3n) is 5.80. The minimum Gasteiger partial charge on any atom is -0.491 e. The molecule has 0 unspecified atom stereocenters. The van der Waals surface area contributed by atoms with Crippen LogP contribution in [0.2, 0.25) is 0 Å². The Morgan fingerprint density at radius 1 is 1.09 bits per heavy atom. The highest BCUT2D eigenvalue weighted by Crippen LogP contribution is 2.24. The average Bonchev–Trinajstić information content (AvgIpc) is 3.43. The smallest absolute Gasteiger partial charge is 0.160 e. The lowest BCUT2D eigenvalue weighted by molar-refractivity contribution is 0.117. The van der Waals surface area contributed by atoms with E-state index in [0.29, 0.717) is 6.54 Å². The van der Waals surface area contributed by atoms with E-state index in [1.807, 2.05) is 74.1 Å². The number of anilines is 1. The number of ether oxygens (including phenoxy) is 1. The average molecular weight is 443 g/mol. The van der Waals surface area contributed by atoms with Crippen LogP contribution in [0.1, 0.15) is 11.3 Å². The fourth-order valence-electron chi connectivity index (χ4n) is 3.85. The summed E-state index contributed by atoms with van der Waals surface area (Å²) >= 11 is 0. The topological polar surface area (TPSA) is 89.5 Å². The lowest BCUT2D eigenvalue weighted by Crippen LogP contribution is -2.27. The van der Waals surface area contributed by atoms with E-state index in [9.17, 15) is 5.11 Å². The number of hydrogen-bond acceptors (Lipinski definition) is 6. The molecule has 168 valence electrons. The van der Waals surface area contributed by atoms with Crippen molar-refractivity contribution in [3.63, 3.8) is 0 Å². The van der Waals surface area contributed by atoms with Crippen LogP contribution in [-0.2, 0) is 7.05 Å². The Bertz CT molecular complexity index is 1440. The fourth-order valence-corrected chi connectivity index (χ4v) is 3.85. The first-order chi connectivity index (χ1) is 16.0. The summed E-state index contributed by atoms with van der Waals surface area (Å²) in [6.07, 6.45) is 2.92. The molecule has 5 aromatic rings. The lowest BCUT2D eigenvalue weighted by Gasteiger charge is -2.17. The van der Waals surface area contributed by atoms with E-state index in [0.717, 1.165) is 50.8 Å². The summed E-state index contributed by atoms with van der Waals surface area (Å²) in [7, 11) is 1.93. The predicted octanol–water partition coefficient (Wildman–Crippen LogP) is 3.75. The van der Waals surface area contributed by atoms with Crippen molar-refractivity contribution >= 4 is 22.2 Å². The molecular weight excluding hydrogens is 416 g/mol. The van der Waals surface area contributed by atoms with Gasteiger partial charge in [0.05, 0.1) is 0 Å². The minimum absolute atomic E-state index is 0.176. The normalized spacial score (nSPS) is 12.4. The number of imidazole rings is 1. The first-order valence-electron chi connectivity index (χ1n) is 10.9. The molecule has 3 aromatic heterocycles. The van der Waals surface area contributed by atoms with Crippen LogP contribution in [0.5, 0.6) is 5.75 Å². The molecule has 5 rings (SSSR count). The van der Waals surface area contributed by atoms with Crippen LogP contribution < -0.4 is 10.1 Å². The van der Waals surface area contributed by atoms with E-state index in [2.05, 4.69) is 21.4 Å². The van der Waals surface area contributed by atoms with Gasteiger partial charge in [0, 0.05) is 43.3 Å². The van der Waals surface area contributed by atoms with Crippen molar-refractivity contribution in [3.8, 4) is 17.3 Å². The third kappa shape index (κ3) is 4.12. The molecule has 1 atom stereocenters. The van der Waals surface area contributed by atoms with E-state index < -0.39 is 6.10 Å². The molecule has 0 aliphatic carbocycles. The highest BCUT2D eigenvalue weighted by atomic mass is 16.5. The van der Waals surface area contributed by atoms with Crippen LogP contribution >= 0.6 is 0 Å². The van der Waals surface area contributed by atoms with Crippen molar-refractivity contribution in [3.05, 3.63) is 72.2 Å². The molecule has 2 N–H and O–H groups in total. The number of aromatic nitrogens is 5. The van der Waals surface area contributed by atoms with Gasteiger partial charge in [0.1, 0.15) is 30.0 Å². The quantitative estimate of drug-likeness (QED) is 0.399. The van der Waals surface area contributed by atoms with Crippen LogP contribution in [0.4, 0.5) is 5.82 Å². The number of aliphatic hydroxyl groups excluding tert-OH is 1. The standard InChI is InChI=1S/C25H26N6O2/c1-16-17(2)28-23-13-22(25-26-10-11-30(25)3)29-31(23)24(16)27-14-20(32)15-33-21-9-8-18-6-4-5-7-19(18)12-21/h4-13,20,27,32H,14-15H2,1-3H3/t20-/m1/s1. The number of nitrogens with one attached hydrogen (secondary N) is 1. The van der Waals surface area contributed by atoms with Crippen molar-refractivity contribution in [1.82, 2.24) is 24.1 Å². The highest BCUT2D eigenvalue weighted by Gasteiger charge is 2.16. The van der Waals surface area contributed by atoms with E-state index >= 15 is 0 Å². The second-order valence-electron chi connectivity index (χ2n) is 8.19. The summed E-state index contributed by atoms with van der Waals surface area (Å²) in [5, 5.41) is 20.9. The molecule has 0 saturated carbocycles. The third-order valence-corrected chi connectivity index (χ3v) is 5.80. The molecule has 0 radical (unpaired) electrons. The molecule has 2 aromatic carbocycles. The Morgan fingerprint density at radius 3 is 2.70 bits per heavy atom. The van der Waals surface area contributed by atoms with Gasteiger partial charge in [0.25, 0.3) is 0 Å². The van der Waals surface area contributed by atoms with Crippen LogP contribution in [0.15, 0.2) is 60.9 Å². The van der Waals surface area contributed by atoms with Gasteiger partial charge in [-0.05, 0) is 36.8 Å². The monoisotopic (exact) mass is 442 g/mol. The largest absolute Gasteiger partial charge is 0.491 e. The summed E-state index contributed by atoms with van der Waals surface area (Å²) in [5.74, 6) is 2.30. The Balaban J connectivity index is 1.31. The van der Waals surface area contributed by atoms with Crippen LogP contribution in [-0.4, -0.2) is 48.5 Å².